The predicted octanol–water partition coefficient (Wildman–Crippen LogP) is 2.60. The maximum absolute atomic E-state index is 12.2. The molecular formula is C13H13ClN2O4. The van der Waals surface area contributed by atoms with Crippen molar-refractivity contribution in [3.8, 4) is 0 Å². The van der Waals surface area contributed by atoms with Crippen LogP contribution in [0.4, 0.5) is 5.69 Å². The molecule has 0 N–H and O–H groups in total. The summed E-state index contributed by atoms with van der Waals surface area (Å²) in [6.07, 6.45) is 2.26. The van der Waals surface area contributed by atoms with E-state index in [0.717, 1.165) is 17.7 Å². The summed E-state index contributed by atoms with van der Waals surface area (Å²) in [6.45, 7) is 0.264. The van der Waals surface area contributed by atoms with E-state index < -0.39 is 16.7 Å². The number of hydrogen-bond acceptors (Lipinski definition) is 4. The molecule has 1 aromatic carbocycles. The van der Waals surface area contributed by atoms with Gasteiger partial charge in [-0.3, -0.25) is 24.6 Å². The van der Waals surface area contributed by atoms with Crippen molar-refractivity contribution in [1.29, 1.82) is 0 Å². The molecule has 0 aliphatic carbocycles. The molecule has 6 nitrogen and oxygen atoms in total. The highest BCUT2D eigenvalue weighted by atomic mass is 35.5. The van der Waals surface area contributed by atoms with E-state index in [-0.39, 0.29) is 23.4 Å². The van der Waals surface area contributed by atoms with E-state index in [1.54, 1.807) is 0 Å². The molecule has 2 amide bonds. The normalized spacial score (nSPS) is 13.8. The molecule has 1 aliphatic heterocycles. The van der Waals surface area contributed by atoms with Crippen LogP contribution < -0.4 is 0 Å². The molecule has 106 valence electrons. The van der Waals surface area contributed by atoms with Crippen molar-refractivity contribution in [3.05, 3.63) is 39.4 Å². The third-order valence-electron chi connectivity index (χ3n) is 3.19. The van der Waals surface area contributed by atoms with Crippen LogP contribution in [0.25, 0.3) is 0 Å². The van der Waals surface area contributed by atoms with Gasteiger partial charge in [-0.15, -0.1) is 11.6 Å². The minimum Gasteiger partial charge on any atom is -0.274 e. The van der Waals surface area contributed by atoms with Crippen LogP contribution in [0.5, 0.6) is 0 Å². The average molecular weight is 297 g/mol. The van der Waals surface area contributed by atoms with E-state index in [1.807, 2.05) is 0 Å². The van der Waals surface area contributed by atoms with Gasteiger partial charge in [0.25, 0.3) is 17.5 Å². The van der Waals surface area contributed by atoms with E-state index >= 15 is 0 Å². The Morgan fingerprint density at radius 3 is 2.55 bits per heavy atom. The van der Waals surface area contributed by atoms with E-state index in [4.69, 9.17) is 11.6 Å². The third-order valence-corrected chi connectivity index (χ3v) is 3.46. The number of fused-ring (bicyclic) bond motifs is 1. The van der Waals surface area contributed by atoms with Crippen molar-refractivity contribution >= 4 is 29.1 Å². The molecule has 0 saturated heterocycles. The summed E-state index contributed by atoms with van der Waals surface area (Å²) in [5.74, 6) is -0.504. The Bertz CT molecular complexity index is 573. The lowest BCUT2D eigenvalue weighted by molar-refractivity contribution is -0.385. The Labute approximate surface area is 120 Å². The van der Waals surface area contributed by atoms with Crippen molar-refractivity contribution in [2.75, 3.05) is 12.4 Å². The van der Waals surface area contributed by atoms with Gasteiger partial charge in [-0.1, -0.05) is 12.5 Å². The summed E-state index contributed by atoms with van der Waals surface area (Å²) in [7, 11) is 0. The first-order chi connectivity index (χ1) is 9.57. The van der Waals surface area contributed by atoms with Gasteiger partial charge in [-0.2, -0.15) is 0 Å². The predicted molar refractivity (Wildman–Crippen MR) is 73.0 cm³/mol. The zero-order valence-electron chi connectivity index (χ0n) is 10.7. The molecule has 1 heterocycles. The lowest BCUT2D eigenvalue weighted by Crippen LogP contribution is -2.30. The van der Waals surface area contributed by atoms with Crippen LogP contribution in [0.1, 0.15) is 40.0 Å². The van der Waals surface area contributed by atoms with Gasteiger partial charge in [-0.25, -0.2) is 0 Å². The molecule has 2 rings (SSSR count). The number of imide groups is 1. The molecule has 0 atom stereocenters. The molecular weight excluding hydrogens is 284 g/mol. The SMILES string of the molecule is O=C1c2cccc([N+](=O)[O-])c2C(=O)N1CCCCCCl. The van der Waals surface area contributed by atoms with Crippen molar-refractivity contribution in [1.82, 2.24) is 4.90 Å². The van der Waals surface area contributed by atoms with Crippen LogP contribution in [0.15, 0.2) is 18.2 Å². The number of nitro benzene ring substituents is 1. The standard InChI is InChI=1S/C13H13ClN2O4/c14-7-2-1-3-8-15-12(17)9-5-4-6-10(16(19)20)11(9)13(15)18/h4-6H,1-3,7-8H2. The number of carbonyl (C=O) groups is 2. The highest BCUT2D eigenvalue weighted by Crippen LogP contribution is 2.30. The number of alkyl halides is 1. The van der Waals surface area contributed by atoms with Crippen LogP contribution in [0.2, 0.25) is 0 Å². The topological polar surface area (TPSA) is 80.5 Å². The van der Waals surface area contributed by atoms with Gasteiger partial charge in [0.05, 0.1) is 10.5 Å². The first-order valence-corrected chi connectivity index (χ1v) is 6.81. The maximum Gasteiger partial charge on any atom is 0.282 e. The molecule has 0 radical (unpaired) electrons. The van der Waals surface area contributed by atoms with Gasteiger partial charge in [-0.05, 0) is 18.9 Å². The minimum absolute atomic E-state index is 0.0974. The number of hydrogen-bond donors (Lipinski definition) is 0. The zero-order valence-corrected chi connectivity index (χ0v) is 11.4. The summed E-state index contributed by atoms with van der Waals surface area (Å²) in [4.78, 5) is 35.6. The lowest BCUT2D eigenvalue weighted by Gasteiger charge is -2.12. The van der Waals surface area contributed by atoms with Crippen LogP contribution in [-0.2, 0) is 0 Å². The van der Waals surface area contributed by atoms with Crippen LogP contribution in [0, 0.1) is 10.1 Å². The van der Waals surface area contributed by atoms with Gasteiger partial charge in [0.2, 0.25) is 0 Å². The molecule has 1 aromatic rings. The van der Waals surface area contributed by atoms with Gasteiger partial charge in [0, 0.05) is 18.5 Å². The first kappa shape index (κ1) is 14.5. The second kappa shape index (κ2) is 6.00. The van der Waals surface area contributed by atoms with Crippen molar-refractivity contribution in [3.63, 3.8) is 0 Å². The smallest absolute Gasteiger partial charge is 0.274 e. The van der Waals surface area contributed by atoms with E-state index in [0.29, 0.717) is 12.3 Å². The second-order valence-corrected chi connectivity index (χ2v) is 4.85. The number of nitrogens with zero attached hydrogens (tertiary/aromatic N) is 2. The average Bonchev–Trinajstić information content (AvgIpc) is 2.68. The fourth-order valence-electron chi connectivity index (χ4n) is 2.21. The summed E-state index contributed by atoms with van der Waals surface area (Å²) in [5.41, 5.74) is -0.300. The van der Waals surface area contributed by atoms with Gasteiger partial charge >= 0.3 is 0 Å². The number of nitro groups is 1. The molecule has 1 aliphatic rings. The highest BCUT2D eigenvalue weighted by molar-refractivity contribution is 6.23. The Balaban J connectivity index is 2.22. The molecule has 0 unspecified atom stereocenters. The van der Waals surface area contributed by atoms with E-state index in [9.17, 15) is 19.7 Å². The first-order valence-electron chi connectivity index (χ1n) is 6.27. The Morgan fingerprint density at radius 1 is 1.15 bits per heavy atom. The number of benzene rings is 1. The fraction of sp³-hybridized carbons (Fsp3) is 0.385. The maximum atomic E-state index is 12.2. The largest absolute Gasteiger partial charge is 0.282 e. The van der Waals surface area contributed by atoms with Crippen molar-refractivity contribution < 1.29 is 14.5 Å². The number of rotatable bonds is 6. The number of halogens is 1. The second-order valence-electron chi connectivity index (χ2n) is 4.47. The summed E-state index contributed by atoms with van der Waals surface area (Å²) < 4.78 is 0. The van der Waals surface area contributed by atoms with Crippen molar-refractivity contribution in [2.45, 2.75) is 19.3 Å². The molecule has 7 heteroatoms. The lowest BCUT2D eigenvalue weighted by atomic mass is 10.1. The van der Waals surface area contributed by atoms with Gasteiger partial charge in [0.1, 0.15) is 5.56 Å². The number of unbranched alkanes of at least 4 members (excludes halogenated alkanes) is 2. The Morgan fingerprint density at radius 2 is 1.90 bits per heavy atom. The van der Waals surface area contributed by atoms with E-state index in [1.165, 1.54) is 18.2 Å². The molecule has 0 spiro atoms. The monoisotopic (exact) mass is 296 g/mol. The highest BCUT2D eigenvalue weighted by Gasteiger charge is 2.40. The van der Waals surface area contributed by atoms with Crippen molar-refractivity contribution in [2.24, 2.45) is 0 Å². The van der Waals surface area contributed by atoms with Crippen LogP contribution >= 0.6 is 11.6 Å². The van der Waals surface area contributed by atoms with Crippen LogP contribution in [-0.4, -0.2) is 34.1 Å². The summed E-state index contributed by atoms with van der Waals surface area (Å²) in [5, 5.41) is 10.9. The fourth-order valence-corrected chi connectivity index (χ4v) is 2.40. The van der Waals surface area contributed by atoms with Gasteiger partial charge in [0.15, 0.2) is 0 Å². The Hall–Kier alpha value is -1.95. The zero-order chi connectivity index (χ0) is 14.7. The number of carbonyl (C=O) groups excluding carboxylic acids is 2. The Kier molecular flexibility index (Phi) is 4.34. The third kappa shape index (κ3) is 2.51. The van der Waals surface area contributed by atoms with E-state index in [2.05, 4.69) is 0 Å². The molecule has 0 bridgehead atoms. The molecule has 0 saturated carbocycles. The minimum atomic E-state index is -0.638. The molecule has 20 heavy (non-hydrogen) atoms. The van der Waals surface area contributed by atoms with Crippen LogP contribution in [0.3, 0.4) is 0 Å². The van der Waals surface area contributed by atoms with Gasteiger partial charge < -0.3 is 0 Å². The quantitative estimate of drug-likeness (QED) is 0.266. The molecule has 0 aromatic heterocycles. The molecule has 0 fully saturated rings. The summed E-state index contributed by atoms with van der Waals surface area (Å²) >= 11 is 5.56. The number of amides is 2. The summed E-state index contributed by atoms with van der Waals surface area (Å²) in [6, 6.07) is 4.10.